The molecule has 0 aliphatic heterocycles. The fourth-order valence-electron chi connectivity index (χ4n) is 3.25. The van der Waals surface area contributed by atoms with Crippen molar-refractivity contribution in [2.45, 2.75) is 51.1 Å². The van der Waals surface area contributed by atoms with E-state index in [1.165, 1.54) is 19.8 Å². The molecule has 0 spiro atoms. The van der Waals surface area contributed by atoms with Gasteiger partial charge in [0.2, 0.25) is 5.91 Å². The summed E-state index contributed by atoms with van der Waals surface area (Å²) in [5, 5.41) is 14.8. The molecule has 3 N–H and O–H groups in total. The summed E-state index contributed by atoms with van der Waals surface area (Å²) in [6.07, 6.45) is 4.70. The van der Waals surface area contributed by atoms with E-state index in [4.69, 9.17) is 5.11 Å². The number of hydrogen-bond acceptors (Lipinski definition) is 4. The Balaban J connectivity index is 2.57. The number of rotatable bonds is 7. The second kappa shape index (κ2) is 7.75. The lowest BCUT2D eigenvalue weighted by Gasteiger charge is -2.45. The lowest BCUT2D eigenvalue weighted by atomic mass is 9.75. The molecule has 1 saturated carbocycles. The van der Waals surface area contributed by atoms with Gasteiger partial charge in [-0.1, -0.05) is 19.8 Å². The topological polar surface area (TPSA) is 81.7 Å². The van der Waals surface area contributed by atoms with Gasteiger partial charge in [-0.05, 0) is 32.9 Å². The number of amides is 1. The third-order valence-electron chi connectivity index (χ3n) is 4.49. The summed E-state index contributed by atoms with van der Waals surface area (Å²) in [5.74, 6) is -0.639. The predicted molar refractivity (Wildman–Crippen MR) is 82.2 cm³/mol. The number of aliphatic carboxylic acids is 1. The van der Waals surface area contributed by atoms with Crippen molar-refractivity contribution in [1.82, 2.24) is 15.5 Å². The maximum atomic E-state index is 11.1. The van der Waals surface area contributed by atoms with E-state index in [0.717, 1.165) is 19.4 Å². The van der Waals surface area contributed by atoms with E-state index >= 15 is 0 Å². The third-order valence-corrected chi connectivity index (χ3v) is 4.49. The predicted octanol–water partition coefficient (Wildman–Crippen LogP) is 0.676. The van der Waals surface area contributed by atoms with Gasteiger partial charge in [-0.25, -0.2) is 4.79 Å². The largest absolute Gasteiger partial charge is 0.480 e. The number of carbonyl (C=O) groups is 2. The number of carbonyl (C=O) groups excluding carboxylic acids is 1. The van der Waals surface area contributed by atoms with Crippen molar-refractivity contribution < 1.29 is 14.7 Å². The molecule has 0 saturated heterocycles. The molecule has 3 atom stereocenters. The van der Waals surface area contributed by atoms with Crippen LogP contribution in [0.15, 0.2) is 0 Å². The maximum absolute atomic E-state index is 11.1. The molecular formula is C15H29N3O3. The van der Waals surface area contributed by atoms with Crippen molar-refractivity contribution in [1.29, 1.82) is 0 Å². The van der Waals surface area contributed by atoms with Gasteiger partial charge < -0.3 is 20.6 Å². The average Bonchev–Trinajstić information content (AvgIpc) is 2.36. The van der Waals surface area contributed by atoms with Crippen LogP contribution in [0, 0.1) is 5.92 Å². The Kier molecular flexibility index (Phi) is 6.61. The SMILES string of the molecule is CC(=O)NC(CNCC1(N(C)C)CCCC(C)C1)C(=O)O. The third kappa shape index (κ3) is 5.28. The Morgan fingerprint density at radius 2 is 2.10 bits per heavy atom. The first-order valence-corrected chi connectivity index (χ1v) is 7.65. The van der Waals surface area contributed by atoms with E-state index in [2.05, 4.69) is 36.6 Å². The molecule has 0 radical (unpaired) electrons. The molecule has 1 aliphatic rings. The van der Waals surface area contributed by atoms with Crippen molar-refractivity contribution in [2.75, 3.05) is 27.2 Å². The van der Waals surface area contributed by atoms with Crippen LogP contribution in [0.4, 0.5) is 0 Å². The monoisotopic (exact) mass is 299 g/mol. The fraction of sp³-hybridized carbons (Fsp3) is 0.867. The van der Waals surface area contributed by atoms with Gasteiger partial charge in [0.25, 0.3) is 0 Å². The molecule has 6 heteroatoms. The smallest absolute Gasteiger partial charge is 0.327 e. The molecule has 0 heterocycles. The molecule has 3 unspecified atom stereocenters. The Labute approximate surface area is 127 Å². The number of nitrogens with zero attached hydrogens (tertiary/aromatic N) is 1. The number of carboxylic acid groups (broad SMARTS) is 1. The summed E-state index contributed by atoms with van der Waals surface area (Å²) in [6, 6.07) is -0.872. The highest BCUT2D eigenvalue weighted by molar-refractivity contribution is 5.82. The molecule has 1 fully saturated rings. The van der Waals surface area contributed by atoms with Crippen molar-refractivity contribution in [2.24, 2.45) is 5.92 Å². The van der Waals surface area contributed by atoms with Crippen LogP contribution in [0.25, 0.3) is 0 Å². The van der Waals surface area contributed by atoms with Crippen LogP contribution in [0.3, 0.4) is 0 Å². The van der Waals surface area contributed by atoms with Gasteiger partial charge in [0.05, 0.1) is 0 Å². The Hall–Kier alpha value is -1.14. The molecule has 6 nitrogen and oxygen atoms in total. The normalized spacial score (nSPS) is 27.4. The van der Waals surface area contributed by atoms with Crippen LogP contribution in [0.2, 0.25) is 0 Å². The lowest BCUT2D eigenvalue weighted by molar-refractivity contribution is -0.141. The second-order valence-electron chi connectivity index (χ2n) is 6.54. The standard InChI is InChI=1S/C15H29N3O3/c1-11-6-5-7-15(8-11,18(3)4)10-16-9-13(14(20)21)17-12(2)19/h11,13,16H,5-10H2,1-4H3,(H,17,19)(H,20,21). The number of carboxylic acids is 1. The highest BCUT2D eigenvalue weighted by Crippen LogP contribution is 2.35. The Morgan fingerprint density at radius 1 is 1.43 bits per heavy atom. The fourth-order valence-corrected chi connectivity index (χ4v) is 3.25. The first kappa shape index (κ1) is 17.9. The Bertz CT molecular complexity index is 373. The van der Waals surface area contributed by atoms with Gasteiger partial charge in [0.15, 0.2) is 0 Å². The molecule has 0 aromatic carbocycles. The van der Waals surface area contributed by atoms with Gasteiger partial charge in [-0.2, -0.15) is 0 Å². The summed E-state index contributed by atoms with van der Waals surface area (Å²) in [7, 11) is 4.17. The average molecular weight is 299 g/mol. The quantitative estimate of drug-likeness (QED) is 0.644. The van der Waals surface area contributed by atoms with Gasteiger partial charge in [0.1, 0.15) is 6.04 Å². The summed E-state index contributed by atoms with van der Waals surface area (Å²) in [6.45, 7) is 4.60. The van der Waals surface area contributed by atoms with Crippen LogP contribution in [0.1, 0.15) is 39.5 Å². The van der Waals surface area contributed by atoms with E-state index in [9.17, 15) is 9.59 Å². The van der Waals surface area contributed by atoms with Crippen molar-refractivity contribution in [3.63, 3.8) is 0 Å². The van der Waals surface area contributed by atoms with Crippen molar-refractivity contribution >= 4 is 11.9 Å². The van der Waals surface area contributed by atoms with Gasteiger partial charge in [0, 0.05) is 25.6 Å². The highest BCUT2D eigenvalue weighted by atomic mass is 16.4. The van der Waals surface area contributed by atoms with E-state index in [1.54, 1.807) is 0 Å². The molecule has 1 amide bonds. The summed E-state index contributed by atoms with van der Waals surface area (Å²) >= 11 is 0. The van der Waals surface area contributed by atoms with Crippen molar-refractivity contribution in [3.05, 3.63) is 0 Å². The van der Waals surface area contributed by atoms with Crippen molar-refractivity contribution in [3.8, 4) is 0 Å². The first-order valence-electron chi connectivity index (χ1n) is 7.65. The zero-order chi connectivity index (χ0) is 16.0. The van der Waals surface area contributed by atoms with Crippen LogP contribution >= 0.6 is 0 Å². The van der Waals surface area contributed by atoms with Crippen LogP contribution in [-0.4, -0.2) is 60.6 Å². The van der Waals surface area contributed by atoms with E-state index in [0.29, 0.717) is 5.92 Å². The number of hydrogen-bond donors (Lipinski definition) is 3. The number of nitrogens with one attached hydrogen (secondary N) is 2. The Morgan fingerprint density at radius 3 is 2.57 bits per heavy atom. The van der Waals surface area contributed by atoms with E-state index in [-0.39, 0.29) is 18.0 Å². The van der Waals surface area contributed by atoms with Gasteiger partial charge in [-0.3, -0.25) is 4.79 Å². The molecular weight excluding hydrogens is 270 g/mol. The van der Waals surface area contributed by atoms with Crippen LogP contribution < -0.4 is 10.6 Å². The zero-order valence-corrected chi connectivity index (χ0v) is 13.6. The lowest BCUT2D eigenvalue weighted by Crippen LogP contribution is -2.56. The van der Waals surface area contributed by atoms with Crippen LogP contribution in [-0.2, 0) is 9.59 Å². The molecule has 21 heavy (non-hydrogen) atoms. The number of likely N-dealkylation sites (N-methyl/N-ethyl adjacent to an activating group) is 1. The summed E-state index contributed by atoms with van der Waals surface area (Å²) in [4.78, 5) is 24.4. The zero-order valence-electron chi connectivity index (χ0n) is 13.6. The minimum atomic E-state index is -1.01. The maximum Gasteiger partial charge on any atom is 0.327 e. The highest BCUT2D eigenvalue weighted by Gasteiger charge is 2.36. The molecule has 0 bridgehead atoms. The molecule has 122 valence electrons. The molecule has 1 aliphatic carbocycles. The molecule has 0 aromatic heterocycles. The minimum absolute atomic E-state index is 0.0803. The molecule has 0 aromatic rings. The summed E-state index contributed by atoms with van der Waals surface area (Å²) in [5.41, 5.74) is 0.0803. The minimum Gasteiger partial charge on any atom is -0.480 e. The van der Waals surface area contributed by atoms with Gasteiger partial charge >= 0.3 is 5.97 Å². The van der Waals surface area contributed by atoms with Gasteiger partial charge in [-0.15, -0.1) is 0 Å². The van der Waals surface area contributed by atoms with E-state index in [1.807, 2.05) is 0 Å². The van der Waals surface area contributed by atoms with E-state index < -0.39 is 12.0 Å². The summed E-state index contributed by atoms with van der Waals surface area (Å²) < 4.78 is 0. The second-order valence-corrected chi connectivity index (χ2v) is 6.54. The first-order chi connectivity index (χ1) is 9.77. The van der Waals surface area contributed by atoms with Crippen LogP contribution in [0.5, 0.6) is 0 Å². The molecule has 1 rings (SSSR count).